The van der Waals surface area contributed by atoms with Crippen LogP contribution in [0.25, 0.3) is 0 Å². The van der Waals surface area contributed by atoms with Gasteiger partial charge in [0.05, 0.1) is 11.6 Å². The first-order valence-corrected chi connectivity index (χ1v) is 5.53. The molecule has 16 heavy (non-hydrogen) atoms. The van der Waals surface area contributed by atoms with Crippen LogP contribution in [0.5, 0.6) is 0 Å². The molecule has 0 aromatic rings. The monoisotopic (exact) mass is 207 g/mol. The van der Waals surface area contributed by atoms with Gasteiger partial charge >= 0.3 is 0 Å². The fourth-order valence-corrected chi connectivity index (χ4v) is 2.93. The molecular formula is C15H13N. The molecule has 0 aromatic carbocycles. The van der Waals surface area contributed by atoms with Gasteiger partial charge in [0.25, 0.3) is 0 Å². The first-order valence-electron chi connectivity index (χ1n) is 5.53. The third kappa shape index (κ3) is 0.858. The van der Waals surface area contributed by atoms with Gasteiger partial charge in [-0.3, -0.25) is 0 Å². The second-order valence-corrected chi connectivity index (χ2v) is 5.03. The predicted molar refractivity (Wildman–Crippen MR) is 64.4 cm³/mol. The normalized spacial score (nSPS) is 38.4. The molecule has 1 nitrogen and oxygen atoms in total. The van der Waals surface area contributed by atoms with Crippen molar-refractivity contribution in [3.63, 3.8) is 0 Å². The third-order valence-electron chi connectivity index (χ3n) is 4.29. The quantitative estimate of drug-likeness (QED) is 0.596. The van der Waals surface area contributed by atoms with Crippen LogP contribution in [-0.2, 0) is 0 Å². The molecule has 0 aliphatic heterocycles. The standard InChI is InChI=1S/C15H13N/c1-14-7-3-4-12-6-5-11(10-16)8-13(9-14)15(12,14)2/h3-9H,1-2H3. The highest BCUT2D eigenvalue weighted by Gasteiger charge is 2.54. The highest BCUT2D eigenvalue weighted by atomic mass is 14.6. The number of hydrogen-bond acceptors (Lipinski definition) is 1. The van der Waals surface area contributed by atoms with Crippen molar-refractivity contribution in [2.45, 2.75) is 13.8 Å². The van der Waals surface area contributed by atoms with E-state index in [4.69, 9.17) is 5.26 Å². The number of allylic oxidation sites excluding steroid dienone is 10. The SMILES string of the molecule is CC12C=CC=C3C=CC(C#N)=CC(=C1)C32C. The van der Waals surface area contributed by atoms with Gasteiger partial charge in [-0.2, -0.15) is 5.26 Å². The van der Waals surface area contributed by atoms with Crippen LogP contribution in [-0.4, -0.2) is 0 Å². The number of nitrogens with zero attached hydrogens (tertiary/aromatic N) is 1. The van der Waals surface area contributed by atoms with E-state index in [1.54, 1.807) is 0 Å². The zero-order valence-electron chi connectivity index (χ0n) is 9.49. The van der Waals surface area contributed by atoms with Crippen molar-refractivity contribution in [1.29, 1.82) is 5.26 Å². The van der Waals surface area contributed by atoms with Gasteiger partial charge in [-0.1, -0.05) is 44.2 Å². The number of rotatable bonds is 0. The van der Waals surface area contributed by atoms with E-state index in [0.717, 1.165) is 5.57 Å². The predicted octanol–water partition coefficient (Wildman–Crippen LogP) is 3.45. The lowest BCUT2D eigenvalue weighted by Crippen LogP contribution is -2.46. The molecule has 0 fully saturated rings. The minimum Gasteiger partial charge on any atom is -0.192 e. The van der Waals surface area contributed by atoms with E-state index in [0.29, 0.717) is 0 Å². The van der Waals surface area contributed by atoms with Crippen LogP contribution in [0.2, 0.25) is 0 Å². The molecule has 3 aliphatic rings. The molecule has 0 saturated carbocycles. The van der Waals surface area contributed by atoms with Crippen LogP contribution in [0.3, 0.4) is 0 Å². The summed E-state index contributed by atoms with van der Waals surface area (Å²) in [5, 5.41) is 9.00. The third-order valence-corrected chi connectivity index (χ3v) is 4.29. The van der Waals surface area contributed by atoms with E-state index in [-0.39, 0.29) is 10.8 Å². The van der Waals surface area contributed by atoms with E-state index in [1.807, 2.05) is 12.2 Å². The summed E-state index contributed by atoms with van der Waals surface area (Å²) in [6, 6.07) is 2.22. The van der Waals surface area contributed by atoms with Gasteiger partial charge in [0.15, 0.2) is 0 Å². The van der Waals surface area contributed by atoms with Crippen molar-refractivity contribution in [3.8, 4) is 6.07 Å². The van der Waals surface area contributed by atoms with Gasteiger partial charge in [0.2, 0.25) is 0 Å². The van der Waals surface area contributed by atoms with Crippen LogP contribution in [0.4, 0.5) is 0 Å². The van der Waals surface area contributed by atoms with E-state index in [1.165, 1.54) is 11.1 Å². The molecule has 0 radical (unpaired) electrons. The Kier molecular flexibility index (Phi) is 1.56. The zero-order valence-corrected chi connectivity index (χ0v) is 9.49. The van der Waals surface area contributed by atoms with Crippen molar-refractivity contribution < 1.29 is 0 Å². The topological polar surface area (TPSA) is 23.8 Å². The van der Waals surface area contributed by atoms with Gasteiger partial charge in [0, 0.05) is 10.8 Å². The Bertz CT molecular complexity index is 563. The molecule has 78 valence electrons. The second-order valence-electron chi connectivity index (χ2n) is 5.03. The molecule has 1 heteroatoms. The lowest BCUT2D eigenvalue weighted by molar-refractivity contribution is 0.233. The number of nitriles is 1. The first-order chi connectivity index (χ1) is 7.60. The first kappa shape index (κ1) is 9.42. The van der Waals surface area contributed by atoms with Gasteiger partial charge in [-0.15, -0.1) is 0 Å². The molecule has 0 heterocycles. The lowest BCUT2D eigenvalue weighted by Gasteiger charge is -2.54. The maximum absolute atomic E-state index is 9.00. The Labute approximate surface area is 95.8 Å². The molecular weight excluding hydrogens is 194 g/mol. The Morgan fingerprint density at radius 2 is 2.00 bits per heavy atom. The molecule has 0 aromatic heterocycles. The minimum absolute atomic E-state index is 0.0524. The van der Waals surface area contributed by atoms with Crippen LogP contribution >= 0.6 is 0 Å². The van der Waals surface area contributed by atoms with Gasteiger partial charge < -0.3 is 0 Å². The molecule has 0 saturated heterocycles. The van der Waals surface area contributed by atoms with E-state index in [9.17, 15) is 0 Å². The molecule has 3 aliphatic carbocycles. The van der Waals surface area contributed by atoms with E-state index < -0.39 is 0 Å². The second kappa shape index (κ2) is 2.65. The van der Waals surface area contributed by atoms with Crippen LogP contribution < -0.4 is 0 Å². The Morgan fingerprint density at radius 3 is 2.75 bits per heavy atom. The molecule has 0 amide bonds. The van der Waals surface area contributed by atoms with Crippen molar-refractivity contribution in [2.75, 3.05) is 0 Å². The highest BCUT2D eigenvalue weighted by molar-refractivity contribution is 5.62. The molecule has 0 spiro atoms. The lowest BCUT2D eigenvalue weighted by atomic mass is 9.48. The molecule has 0 N–H and O–H groups in total. The summed E-state index contributed by atoms with van der Waals surface area (Å²) in [6.07, 6.45) is 14.8. The summed E-state index contributed by atoms with van der Waals surface area (Å²) >= 11 is 0. The smallest absolute Gasteiger partial charge is 0.0991 e. The van der Waals surface area contributed by atoms with Gasteiger partial charge in [0.1, 0.15) is 0 Å². The van der Waals surface area contributed by atoms with Crippen molar-refractivity contribution >= 4 is 0 Å². The van der Waals surface area contributed by atoms with Crippen LogP contribution in [0.15, 0.2) is 59.3 Å². The maximum Gasteiger partial charge on any atom is 0.0991 e. The molecule has 2 atom stereocenters. The summed E-state index contributed by atoms with van der Waals surface area (Å²) in [4.78, 5) is 0. The molecule has 3 rings (SSSR count). The molecule has 0 bridgehead atoms. The fraction of sp³-hybridized carbons (Fsp3) is 0.267. The van der Waals surface area contributed by atoms with Crippen LogP contribution in [0, 0.1) is 22.2 Å². The summed E-state index contributed by atoms with van der Waals surface area (Å²) in [6.45, 7) is 4.51. The number of hydrogen-bond donors (Lipinski definition) is 0. The largest absolute Gasteiger partial charge is 0.192 e. The van der Waals surface area contributed by atoms with Gasteiger partial charge in [-0.25, -0.2) is 0 Å². The average molecular weight is 207 g/mol. The van der Waals surface area contributed by atoms with E-state index in [2.05, 4.69) is 50.3 Å². The van der Waals surface area contributed by atoms with Crippen LogP contribution in [0.1, 0.15) is 13.8 Å². The van der Waals surface area contributed by atoms with E-state index >= 15 is 0 Å². The zero-order chi connectivity index (χ0) is 11.4. The summed E-state index contributed by atoms with van der Waals surface area (Å²) in [7, 11) is 0. The fourth-order valence-electron chi connectivity index (χ4n) is 2.93. The maximum atomic E-state index is 9.00. The highest BCUT2D eigenvalue weighted by Crippen LogP contribution is 2.63. The Balaban J connectivity index is 2.27. The van der Waals surface area contributed by atoms with Crippen molar-refractivity contribution in [3.05, 3.63) is 59.3 Å². The Morgan fingerprint density at radius 1 is 1.19 bits per heavy atom. The summed E-state index contributed by atoms with van der Waals surface area (Å²) < 4.78 is 0. The summed E-state index contributed by atoms with van der Waals surface area (Å²) in [5.41, 5.74) is 3.48. The average Bonchev–Trinajstić information content (AvgIpc) is 2.40. The summed E-state index contributed by atoms with van der Waals surface area (Å²) in [5.74, 6) is 0. The molecule has 2 unspecified atom stereocenters. The van der Waals surface area contributed by atoms with Gasteiger partial charge in [-0.05, 0) is 23.3 Å². The Hall–Kier alpha value is -1.81. The van der Waals surface area contributed by atoms with Crippen molar-refractivity contribution in [1.82, 2.24) is 0 Å². The minimum atomic E-state index is 0.0524. The van der Waals surface area contributed by atoms with Crippen molar-refractivity contribution in [2.24, 2.45) is 10.8 Å².